The van der Waals surface area contributed by atoms with Gasteiger partial charge in [0.2, 0.25) is 5.91 Å². The van der Waals surface area contributed by atoms with Crippen LogP contribution in [0.4, 0.5) is 11.4 Å². The Labute approximate surface area is 126 Å². The lowest BCUT2D eigenvalue weighted by Crippen LogP contribution is -2.08. The van der Waals surface area contributed by atoms with Gasteiger partial charge >= 0.3 is 0 Å². The molecule has 0 fully saturated rings. The van der Waals surface area contributed by atoms with Crippen molar-refractivity contribution in [3.63, 3.8) is 0 Å². The average Bonchev–Trinajstić information content (AvgIpc) is 2.46. The fourth-order valence-corrected chi connectivity index (χ4v) is 1.88. The normalized spacial score (nSPS) is 10.6. The first-order valence-corrected chi connectivity index (χ1v) is 6.49. The number of carbonyl (C=O) groups is 1. The first-order chi connectivity index (χ1) is 10.5. The highest BCUT2D eigenvalue weighted by atomic mass is 16.6. The number of rotatable bonds is 4. The third-order valence-electron chi connectivity index (χ3n) is 2.98. The predicted octanol–water partition coefficient (Wildman–Crippen LogP) is 3.26. The molecule has 0 aliphatic carbocycles. The van der Waals surface area contributed by atoms with Crippen molar-refractivity contribution in [2.75, 3.05) is 5.32 Å². The molecule has 0 radical (unpaired) electrons. The molecule has 6 heteroatoms. The molecule has 2 N–H and O–H groups in total. The van der Waals surface area contributed by atoms with Crippen LogP contribution in [-0.4, -0.2) is 15.9 Å². The molecule has 6 nitrogen and oxygen atoms in total. The predicted molar refractivity (Wildman–Crippen MR) is 83.6 cm³/mol. The maximum Gasteiger partial charge on any atom is 0.272 e. The number of benzene rings is 2. The minimum atomic E-state index is -0.467. The largest absolute Gasteiger partial charge is 0.508 e. The first-order valence-electron chi connectivity index (χ1n) is 6.49. The zero-order valence-corrected chi connectivity index (χ0v) is 11.8. The van der Waals surface area contributed by atoms with Gasteiger partial charge in [0.25, 0.3) is 5.69 Å². The first kappa shape index (κ1) is 15.2. The van der Waals surface area contributed by atoms with Gasteiger partial charge in [-0.25, -0.2) is 0 Å². The summed E-state index contributed by atoms with van der Waals surface area (Å²) in [5.74, 6) is -0.190. The topological polar surface area (TPSA) is 92.5 Å². The second-order valence-electron chi connectivity index (χ2n) is 4.67. The molecule has 0 atom stereocenters. The van der Waals surface area contributed by atoms with Crippen LogP contribution in [0.1, 0.15) is 11.1 Å². The van der Waals surface area contributed by atoms with E-state index in [-0.39, 0.29) is 17.3 Å². The SMILES string of the molecule is Cc1cc(NC(=O)/C=C/c2ccc(O)cc2)ccc1[N+](=O)[O-]. The van der Waals surface area contributed by atoms with Crippen molar-refractivity contribution in [2.45, 2.75) is 6.92 Å². The van der Waals surface area contributed by atoms with Crippen molar-refractivity contribution in [3.05, 3.63) is 69.8 Å². The van der Waals surface area contributed by atoms with Crippen LogP contribution in [0.3, 0.4) is 0 Å². The van der Waals surface area contributed by atoms with E-state index in [1.165, 1.54) is 30.3 Å². The number of nitro groups is 1. The number of carbonyl (C=O) groups excluding carboxylic acids is 1. The van der Waals surface area contributed by atoms with Crippen LogP contribution in [0.25, 0.3) is 6.08 Å². The standard InChI is InChI=1S/C16H14N2O4/c1-11-10-13(5-8-15(11)18(21)22)17-16(20)9-4-12-2-6-14(19)7-3-12/h2-10,19H,1H3,(H,17,20)/b9-4+. The summed E-state index contributed by atoms with van der Waals surface area (Å²) < 4.78 is 0. The summed E-state index contributed by atoms with van der Waals surface area (Å²) in [7, 11) is 0. The molecule has 2 rings (SSSR count). The molecule has 2 aromatic carbocycles. The minimum Gasteiger partial charge on any atom is -0.508 e. The summed E-state index contributed by atoms with van der Waals surface area (Å²) in [6, 6.07) is 10.8. The Balaban J connectivity index is 2.04. The number of nitrogens with one attached hydrogen (secondary N) is 1. The van der Waals surface area contributed by atoms with Gasteiger partial charge in [-0.1, -0.05) is 12.1 Å². The summed E-state index contributed by atoms with van der Waals surface area (Å²) >= 11 is 0. The number of aromatic hydroxyl groups is 1. The molecule has 0 saturated heterocycles. The molecule has 0 saturated carbocycles. The average molecular weight is 298 g/mol. The van der Waals surface area contributed by atoms with Gasteiger partial charge < -0.3 is 10.4 Å². The third-order valence-corrected chi connectivity index (χ3v) is 2.98. The molecular weight excluding hydrogens is 284 g/mol. The lowest BCUT2D eigenvalue weighted by molar-refractivity contribution is -0.385. The number of anilines is 1. The van der Waals surface area contributed by atoms with E-state index in [0.29, 0.717) is 11.3 Å². The Bertz CT molecular complexity index is 736. The fraction of sp³-hybridized carbons (Fsp3) is 0.0625. The number of nitrogens with zero attached hydrogens (tertiary/aromatic N) is 1. The van der Waals surface area contributed by atoms with Gasteiger partial charge in [-0.2, -0.15) is 0 Å². The van der Waals surface area contributed by atoms with Crippen LogP contribution in [-0.2, 0) is 4.79 Å². The lowest BCUT2D eigenvalue weighted by atomic mass is 10.1. The van der Waals surface area contributed by atoms with Crippen molar-refractivity contribution in [2.24, 2.45) is 0 Å². The van der Waals surface area contributed by atoms with Gasteiger partial charge in [0.1, 0.15) is 5.75 Å². The molecule has 22 heavy (non-hydrogen) atoms. The van der Waals surface area contributed by atoms with E-state index < -0.39 is 4.92 Å². The highest BCUT2D eigenvalue weighted by Crippen LogP contribution is 2.21. The Morgan fingerprint density at radius 2 is 1.91 bits per heavy atom. The van der Waals surface area contributed by atoms with Gasteiger partial charge in [0.05, 0.1) is 4.92 Å². The molecule has 2 aromatic rings. The summed E-state index contributed by atoms with van der Waals surface area (Å²) in [4.78, 5) is 22.1. The smallest absolute Gasteiger partial charge is 0.272 e. The van der Waals surface area contributed by atoms with Gasteiger partial charge in [-0.05, 0) is 42.8 Å². The van der Waals surface area contributed by atoms with Gasteiger partial charge in [-0.15, -0.1) is 0 Å². The lowest BCUT2D eigenvalue weighted by Gasteiger charge is -2.04. The second-order valence-corrected chi connectivity index (χ2v) is 4.67. The van der Waals surface area contributed by atoms with E-state index in [1.807, 2.05) is 0 Å². The summed E-state index contributed by atoms with van der Waals surface area (Å²) in [5, 5.41) is 22.5. The van der Waals surface area contributed by atoms with E-state index in [0.717, 1.165) is 5.56 Å². The van der Waals surface area contributed by atoms with Crippen molar-refractivity contribution < 1.29 is 14.8 Å². The Hall–Kier alpha value is -3.15. The van der Waals surface area contributed by atoms with Crippen LogP contribution >= 0.6 is 0 Å². The van der Waals surface area contributed by atoms with E-state index in [1.54, 1.807) is 31.2 Å². The summed E-state index contributed by atoms with van der Waals surface area (Å²) in [5.41, 5.74) is 1.75. The summed E-state index contributed by atoms with van der Waals surface area (Å²) in [6.07, 6.45) is 2.95. The van der Waals surface area contributed by atoms with Crippen molar-refractivity contribution in [1.29, 1.82) is 0 Å². The minimum absolute atomic E-state index is 0.0117. The van der Waals surface area contributed by atoms with Crippen molar-refractivity contribution in [3.8, 4) is 5.75 Å². The highest BCUT2D eigenvalue weighted by Gasteiger charge is 2.10. The van der Waals surface area contributed by atoms with Gasteiger partial charge in [0.15, 0.2) is 0 Å². The molecule has 0 aliphatic heterocycles. The summed E-state index contributed by atoms with van der Waals surface area (Å²) in [6.45, 7) is 1.61. The molecule has 0 unspecified atom stereocenters. The van der Waals surface area contributed by atoms with E-state index in [9.17, 15) is 14.9 Å². The molecule has 1 amide bonds. The number of aryl methyl sites for hydroxylation is 1. The number of hydrogen-bond acceptors (Lipinski definition) is 4. The fourth-order valence-electron chi connectivity index (χ4n) is 1.88. The zero-order valence-electron chi connectivity index (χ0n) is 11.8. The van der Waals surface area contributed by atoms with Crippen LogP contribution in [0.5, 0.6) is 5.75 Å². The van der Waals surface area contributed by atoms with Crippen molar-refractivity contribution in [1.82, 2.24) is 0 Å². The number of phenolic OH excluding ortho intramolecular Hbond substituents is 1. The van der Waals surface area contributed by atoms with Gasteiger partial charge in [0, 0.05) is 23.4 Å². The molecule has 0 bridgehead atoms. The number of amides is 1. The maximum absolute atomic E-state index is 11.8. The third kappa shape index (κ3) is 3.92. The maximum atomic E-state index is 11.8. The van der Waals surface area contributed by atoms with Crippen molar-refractivity contribution >= 4 is 23.4 Å². The van der Waals surface area contributed by atoms with E-state index in [4.69, 9.17) is 5.11 Å². The number of nitro benzene ring substituents is 1. The molecule has 0 aliphatic rings. The molecular formula is C16H14N2O4. The number of phenols is 1. The molecule has 0 spiro atoms. The quantitative estimate of drug-likeness (QED) is 0.514. The van der Waals surface area contributed by atoms with Crippen LogP contribution in [0, 0.1) is 17.0 Å². The molecule has 0 aromatic heterocycles. The highest BCUT2D eigenvalue weighted by molar-refractivity contribution is 6.02. The molecule has 112 valence electrons. The Morgan fingerprint density at radius 3 is 2.50 bits per heavy atom. The van der Waals surface area contributed by atoms with Crippen LogP contribution < -0.4 is 5.32 Å². The van der Waals surface area contributed by atoms with Crippen LogP contribution in [0.2, 0.25) is 0 Å². The van der Waals surface area contributed by atoms with E-state index in [2.05, 4.69) is 5.32 Å². The van der Waals surface area contributed by atoms with Gasteiger partial charge in [-0.3, -0.25) is 14.9 Å². The van der Waals surface area contributed by atoms with E-state index >= 15 is 0 Å². The Kier molecular flexibility index (Phi) is 4.53. The zero-order chi connectivity index (χ0) is 16.1. The monoisotopic (exact) mass is 298 g/mol. The molecule has 0 heterocycles. The second kappa shape index (κ2) is 6.53. The van der Waals surface area contributed by atoms with Crippen LogP contribution in [0.15, 0.2) is 48.5 Å². The number of hydrogen-bond donors (Lipinski definition) is 2. The Morgan fingerprint density at radius 1 is 1.23 bits per heavy atom.